The summed E-state index contributed by atoms with van der Waals surface area (Å²) in [5, 5.41) is 21.5. The van der Waals surface area contributed by atoms with Gasteiger partial charge in [0.15, 0.2) is 0 Å². The van der Waals surface area contributed by atoms with Gasteiger partial charge in [-0.2, -0.15) is 0 Å². The lowest BCUT2D eigenvalue weighted by Crippen LogP contribution is -2.65. The second-order valence-electron chi connectivity index (χ2n) is 10.6. The van der Waals surface area contributed by atoms with Crippen molar-refractivity contribution in [2.24, 2.45) is 11.3 Å². The third kappa shape index (κ3) is 4.94. The summed E-state index contributed by atoms with van der Waals surface area (Å²) >= 11 is 13.4. The number of aliphatic hydroxyl groups excluding tert-OH is 1. The Morgan fingerprint density at radius 1 is 1.19 bits per heavy atom. The number of aliphatic hydroxyl groups is 1. The molecule has 2 amide bonds. The summed E-state index contributed by atoms with van der Waals surface area (Å²) < 4.78 is 10.8. The summed E-state index contributed by atoms with van der Waals surface area (Å²) in [6.07, 6.45) is -1.60. The van der Waals surface area contributed by atoms with Gasteiger partial charge in [0.05, 0.1) is 30.9 Å². The van der Waals surface area contributed by atoms with Gasteiger partial charge in [0.1, 0.15) is 11.5 Å². The molecule has 4 rings (SSSR count). The average molecular weight is 551 g/mol. The average Bonchev–Trinajstić information content (AvgIpc) is 2.80. The van der Waals surface area contributed by atoms with E-state index in [1.807, 2.05) is 32.9 Å². The number of rotatable bonds is 6. The van der Waals surface area contributed by atoms with Crippen LogP contribution in [0.4, 0.5) is 4.79 Å². The summed E-state index contributed by atoms with van der Waals surface area (Å²) in [4.78, 5) is 28.4. The molecule has 2 heterocycles. The van der Waals surface area contributed by atoms with E-state index in [0.29, 0.717) is 47.2 Å². The van der Waals surface area contributed by atoms with Crippen molar-refractivity contribution in [1.82, 2.24) is 9.80 Å². The molecule has 0 bridgehead atoms. The predicted octanol–water partition coefficient (Wildman–Crippen LogP) is 5.27. The van der Waals surface area contributed by atoms with Crippen LogP contribution in [0.5, 0.6) is 11.5 Å². The van der Waals surface area contributed by atoms with Gasteiger partial charge < -0.3 is 29.5 Å². The van der Waals surface area contributed by atoms with Gasteiger partial charge >= 0.3 is 6.09 Å². The van der Waals surface area contributed by atoms with E-state index in [1.54, 1.807) is 31.3 Å². The van der Waals surface area contributed by atoms with E-state index >= 15 is 0 Å². The van der Waals surface area contributed by atoms with Gasteiger partial charge in [-0.25, -0.2) is 4.79 Å². The number of hydrogen-bond acceptors (Lipinski definition) is 5. The molecule has 10 heteroatoms. The molecule has 3 unspecified atom stereocenters. The highest BCUT2D eigenvalue weighted by Gasteiger charge is 2.52. The number of carbonyl (C=O) groups excluding carboxylic acids is 1. The third-order valence-corrected chi connectivity index (χ3v) is 8.08. The Hall–Kier alpha value is -2.68. The largest absolute Gasteiger partial charge is 0.497 e. The maximum atomic E-state index is 13.7. The number of hydrogen-bond donors (Lipinski definition) is 2. The zero-order valence-corrected chi connectivity index (χ0v) is 23.1. The van der Waals surface area contributed by atoms with Crippen LogP contribution in [0, 0.1) is 11.3 Å². The van der Waals surface area contributed by atoms with E-state index in [4.69, 9.17) is 32.7 Å². The van der Waals surface area contributed by atoms with Crippen LogP contribution in [0.15, 0.2) is 24.3 Å². The molecule has 0 aromatic heterocycles. The van der Waals surface area contributed by atoms with Crippen molar-refractivity contribution in [2.45, 2.75) is 45.9 Å². The van der Waals surface area contributed by atoms with E-state index < -0.39 is 23.7 Å². The number of ether oxygens (including phenoxy) is 2. The molecule has 1 saturated heterocycles. The van der Waals surface area contributed by atoms with Crippen LogP contribution < -0.4 is 9.47 Å². The molecule has 2 aliphatic heterocycles. The van der Waals surface area contributed by atoms with Crippen molar-refractivity contribution >= 4 is 35.2 Å². The van der Waals surface area contributed by atoms with Gasteiger partial charge in [-0.1, -0.05) is 44.0 Å². The van der Waals surface area contributed by atoms with Crippen LogP contribution in [0.2, 0.25) is 10.0 Å². The van der Waals surface area contributed by atoms with Gasteiger partial charge in [0.2, 0.25) is 0 Å². The molecule has 2 N–H and O–H groups in total. The van der Waals surface area contributed by atoms with Crippen molar-refractivity contribution in [1.29, 1.82) is 0 Å². The summed E-state index contributed by atoms with van der Waals surface area (Å²) in [7, 11) is 3.14. The predicted molar refractivity (Wildman–Crippen MR) is 141 cm³/mol. The highest BCUT2D eigenvalue weighted by molar-refractivity contribution is 6.37. The summed E-state index contributed by atoms with van der Waals surface area (Å²) in [5.74, 6) is 0.581. The van der Waals surface area contributed by atoms with Gasteiger partial charge in [0.25, 0.3) is 5.91 Å². The van der Waals surface area contributed by atoms with E-state index in [-0.39, 0.29) is 29.0 Å². The molecule has 0 spiro atoms. The van der Waals surface area contributed by atoms with E-state index in [9.17, 15) is 19.8 Å². The van der Waals surface area contributed by atoms with Crippen LogP contribution in [-0.2, 0) is 13.0 Å². The minimum Gasteiger partial charge on any atom is -0.497 e. The number of halogens is 2. The minimum absolute atomic E-state index is 0.157. The van der Waals surface area contributed by atoms with Crippen LogP contribution in [0.3, 0.4) is 0 Å². The molecule has 2 aromatic rings. The van der Waals surface area contributed by atoms with Gasteiger partial charge in [-0.3, -0.25) is 4.79 Å². The van der Waals surface area contributed by atoms with Gasteiger partial charge in [-0.05, 0) is 35.6 Å². The van der Waals surface area contributed by atoms with Crippen LogP contribution in [0.25, 0.3) is 0 Å². The molecule has 37 heavy (non-hydrogen) atoms. The first-order valence-corrected chi connectivity index (χ1v) is 12.8. The number of nitrogens with zero attached hydrogens (tertiary/aromatic N) is 2. The third-order valence-electron chi connectivity index (χ3n) is 7.34. The Labute approximate surface area is 226 Å². The fourth-order valence-corrected chi connectivity index (χ4v) is 6.22. The number of fused-ring (bicyclic) bond motifs is 1. The first-order chi connectivity index (χ1) is 17.4. The molecular formula is C27H32Cl2N2O6. The maximum Gasteiger partial charge on any atom is 0.407 e. The lowest BCUT2D eigenvalue weighted by Gasteiger charge is -2.54. The van der Waals surface area contributed by atoms with Crippen molar-refractivity contribution < 1.29 is 29.3 Å². The SMILES string of the molecule is COc1ccc(CN2CCc3c(Cl)cc(C(O)C4CN(C(=O)O)C4C(C)(C)C)c(Cl)c3C2=O)c(OC)c1. The molecule has 3 atom stereocenters. The molecular weight excluding hydrogens is 519 g/mol. The molecule has 2 aliphatic rings. The summed E-state index contributed by atoms with van der Waals surface area (Å²) in [6, 6.07) is 6.63. The van der Waals surface area contributed by atoms with Crippen molar-refractivity contribution in [3.63, 3.8) is 0 Å². The number of carboxylic acid groups (broad SMARTS) is 1. The van der Waals surface area contributed by atoms with Gasteiger partial charge in [-0.15, -0.1) is 0 Å². The second-order valence-corrected chi connectivity index (χ2v) is 11.4. The summed E-state index contributed by atoms with van der Waals surface area (Å²) in [5.41, 5.74) is 1.68. The Morgan fingerprint density at radius 3 is 2.49 bits per heavy atom. The first-order valence-electron chi connectivity index (χ1n) is 12.1. The molecule has 1 fully saturated rings. The quantitative estimate of drug-likeness (QED) is 0.508. The molecule has 0 aliphatic carbocycles. The van der Waals surface area contributed by atoms with Crippen molar-refractivity contribution in [3.8, 4) is 11.5 Å². The Bertz CT molecular complexity index is 1230. The lowest BCUT2D eigenvalue weighted by molar-refractivity contribution is -0.0894. The second kappa shape index (κ2) is 10.2. The van der Waals surface area contributed by atoms with Gasteiger partial charge in [0, 0.05) is 53.8 Å². The number of likely N-dealkylation sites (tertiary alicyclic amines) is 1. The Kier molecular flexibility index (Phi) is 7.57. The highest BCUT2D eigenvalue weighted by Crippen LogP contribution is 2.47. The van der Waals surface area contributed by atoms with Crippen LogP contribution in [-0.4, -0.2) is 65.4 Å². The lowest BCUT2D eigenvalue weighted by atomic mass is 9.69. The standard InChI is InChI=1S/C27H32Cl2N2O6/c1-27(2,3)24-18(13-31(24)26(34)35)23(32)17-11-19(28)16-8-9-30(25(33)21(16)22(17)29)12-14-6-7-15(36-4)10-20(14)37-5/h6-7,10-11,18,23-24,32H,8-9,12-13H2,1-5H3,(H,34,35). The Morgan fingerprint density at radius 2 is 1.89 bits per heavy atom. The van der Waals surface area contributed by atoms with Crippen molar-refractivity contribution in [3.05, 3.63) is 56.6 Å². The minimum atomic E-state index is -1.08. The number of methoxy groups -OCH3 is 2. The van der Waals surface area contributed by atoms with E-state index in [2.05, 4.69) is 0 Å². The first kappa shape index (κ1) is 27.4. The number of amides is 2. The molecule has 2 aromatic carbocycles. The number of carbonyl (C=O) groups is 2. The molecule has 200 valence electrons. The highest BCUT2D eigenvalue weighted by atomic mass is 35.5. The summed E-state index contributed by atoms with van der Waals surface area (Å²) in [6.45, 7) is 6.71. The normalized spacial score (nSPS) is 20.3. The smallest absolute Gasteiger partial charge is 0.407 e. The zero-order chi connectivity index (χ0) is 27.2. The fraction of sp³-hybridized carbons (Fsp3) is 0.481. The van der Waals surface area contributed by atoms with Crippen molar-refractivity contribution in [2.75, 3.05) is 27.3 Å². The molecule has 0 radical (unpaired) electrons. The fourth-order valence-electron chi connectivity index (χ4n) is 5.55. The topological polar surface area (TPSA) is 99.5 Å². The maximum absolute atomic E-state index is 13.7. The van der Waals surface area contributed by atoms with Crippen LogP contribution in [0.1, 0.15) is 53.9 Å². The Balaban J connectivity index is 1.65. The molecule has 8 nitrogen and oxygen atoms in total. The van der Waals surface area contributed by atoms with E-state index in [1.165, 1.54) is 4.90 Å². The van der Waals surface area contributed by atoms with E-state index in [0.717, 1.165) is 5.56 Å². The number of benzene rings is 2. The van der Waals surface area contributed by atoms with Crippen LogP contribution >= 0.6 is 23.2 Å². The zero-order valence-electron chi connectivity index (χ0n) is 21.5. The monoisotopic (exact) mass is 550 g/mol. The molecule has 0 saturated carbocycles.